The van der Waals surface area contributed by atoms with Crippen LogP contribution in [0.25, 0.3) is 0 Å². The van der Waals surface area contributed by atoms with Gasteiger partial charge in [-0.3, -0.25) is 9.59 Å². The maximum Gasteiger partial charge on any atom is 0.267 e. The molecule has 0 aliphatic heterocycles. The Bertz CT molecular complexity index is 1100. The van der Waals surface area contributed by atoms with Crippen molar-refractivity contribution in [2.24, 2.45) is 0 Å². The zero-order valence-electron chi connectivity index (χ0n) is 16.3. The van der Waals surface area contributed by atoms with Gasteiger partial charge in [0.05, 0.1) is 0 Å². The Morgan fingerprint density at radius 1 is 0.800 bits per heavy atom. The van der Waals surface area contributed by atoms with Crippen LogP contribution < -0.4 is 16.0 Å². The quantitative estimate of drug-likeness (QED) is 0.294. The van der Waals surface area contributed by atoms with Crippen LogP contribution >= 0.6 is 0 Å². The molecule has 0 aliphatic rings. The lowest BCUT2D eigenvalue weighted by Gasteiger charge is -2.08. The topological polar surface area (TPSA) is 94.0 Å². The third kappa shape index (κ3) is 5.57. The van der Waals surface area contributed by atoms with Crippen molar-refractivity contribution in [3.63, 3.8) is 0 Å². The number of nitrogens with zero attached hydrogens (tertiary/aromatic N) is 1. The Balaban J connectivity index is 1.61. The SMILES string of the molecule is CC(=O)c1ccc(NC(=O)/C(C#N)=C\Nc2ccc(Nc3ccccc3)cc2)cc1. The predicted molar refractivity (Wildman–Crippen MR) is 119 cm³/mol. The third-order valence-corrected chi connectivity index (χ3v) is 4.24. The summed E-state index contributed by atoms with van der Waals surface area (Å²) < 4.78 is 0. The van der Waals surface area contributed by atoms with Gasteiger partial charge < -0.3 is 16.0 Å². The summed E-state index contributed by atoms with van der Waals surface area (Å²) >= 11 is 0. The molecule has 0 fully saturated rings. The van der Waals surface area contributed by atoms with Crippen molar-refractivity contribution in [3.8, 4) is 6.07 Å². The smallest absolute Gasteiger partial charge is 0.267 e. The number of carbonyl (C=O) groups excluding carboxylic acids is 2. The molecule has 0 bridgehead atoms. The summed E-state index contributed by atoms with van der Waals surface area (Å²) in [5.74, 6) is -0.595. The first-order valence-corrected chi connectivity index (χ1v) is 9.26. The largest absolute Gasteiger partial charge is 0.360 e. The van der Waals surface area contributed by atoms with Gasteiger partial charge in [-0.25, -0.2) is 0 Å². The standard InChI is InChI=1S/C24H20N4O2/c1-17(29)18-7-9-23(10-8-18)28-24(30)19(15-25)16-26-20-11-13-22(14-12-20)27-21-5-3-2-4-6-21/h2-14,16,26-27H,1H3,(H,28,30)/b19-16-. The van der Waals surface area contributed by atoms with Crippen LogP contribution in [0, 0.1) is 11.3 Å². The summed E-state index contributed by atoms with van der Waals surface area (Å²) in [5.41, 5.74) is 3.62. The number of benzene rings is 3. The molecule has 6 heteroatoms. The first kappa shape index (κ1) is 20.4. The van der Waals surface area contributed by atoms with E-state index in [1.807, 2.05) is 60.7 Å². The highest BCUT2D eigenvalue weighted by atomic mass is 16.1. The summed E-state index contributed by atoms with van der Waals surface area (Å²) in [6, 6.07) is 25.7. The van der Waals surface area contributed by atoms with E-state index < -0.39 is 5.91 Å². The van der Waals surface area contributed by atoms with Crippen LogP contribution in [0.4, 0.5) is 22.7 Å². The van der Waals surface area contributed by atoms with Crippen molar-refractivity contribution >= 4 is 34.4 Å². The first-order chi connectivity index (χ1) is 14.5. The van der Waals surface area contributed by atoms with Crippen LogP contribution in [0.5, 0.6) is 0 Å². The number of rotatable bonds is 7. The third-order valence-electron chi connectivity index (χ3n) is 4.24. The summed E-state index contributed by atoms with van der Waals surface area (Å²) in [6.45, 7) is 1.47. The van der Waals surface area contributed by atoms with Crippen molar-refractivity contribution in [1.82, 2.24) is 0 Å². The van der Waals surface area contributed by atoms with Crippen LogP contribution in [0.3, 0.4) is 0 Å². The Morgan fingerprint density at radius 2 is 1.37 bits per heavy atom. The van der Waals surface area contributed by atoms with Crippen molar-refractivity contribution in [2.45, 2.75) is 6.92 Å². The molecule has 1 amide bonds. The van der Waals surface area contributed by atoms with Gasteiger partial charge >= 0.3 is 0 Å². The van der Waals surface area contributed by atoms with E-state index in [0.717, 1.165) is 17.1 Å². The Morgan fingerprint density at radius 3 is 1.97 bits per heavy atom. The van der Waals surface area contributed by atoms with Crippen molar-refractivity contribution < 1.29 is 9.59 Å². The fraction of sp³-hybridized carbons (Fsp3) is 0.0417. The number of anilines is 4. The summed E-state index contributed by atoms with van der Waals surface area (Å²) in [7, 11) is 0. The Kier molecular flexibility index (Phi) is 6.59. The summed E-state index contributed by atoms with van der Waals surface area (Å²) in [4.78, 5) is 23.6. The van der Waals surface area contributed by atoms with Crippen LogP contribution in [0.15, 0.2) is 90.6 Å². The van der Waals surface area contributed by atoms with Gasteiger partial charge in [0.2, 0.25) is 0 Å². The van der Waals surface area contributed by atoms with Crippen molar-refractivity contribution in [3.05, 3.63) is 96.2 Å². The highest BCUT2D eigenvalue weighted by Gasteiger charge is 2.09. The van der Waals surface area contributed by atoms with E-state index in [1.165, 1.54) is 13.1 Å². The molecule has 148 valence electrons. The molecule has 3 aromatic rings. The van der Waals surface area contributed by atoms with E-state index in [0.29, 0.717) is 11.3 Å². The molecule has 0 radical (unpaired) electrons. The first-order valence-electron chi connectivity index (χ1n) is 9.26. The number of amides is 1. The minimum atomic E-state index is -0.539. The second-order valence-corrected chi connectivity index (χ2v) is 6.47. The second kappa shape index (κ2) is 9.71. The fourth-order valence-electron chi connectivity index (χ4n) is 2.63. The van der Waals surface area contributed by atoms with Crippen LogP contribution in [0.1, 0.15) is 17.3 Å². The lowest BCUT2D eigenvalue weighted by atomic mass is 10.1. The molecule has 30 heavy (non-hydrogen) atoms. The maximum absolute atomic E-state index is 12.3. The maximum atomic E-state index is 12.3. The molecular formula is C24H20N4O2. The molecule has 0 heterocycles. The molecule has 3 aromatic carbocycles. The number of nitrogens with one attached hydrogen (secondary N) is 3. The molecule has 0 aliphatic carbocycles. The van der Waals surface area contributed by atoms with Gasteiger partial charge in [-0.15, -0.1) is 0 Å². The average molecular weight is 396 g/mol. The van der Waals surface area contributed by atoms with Gasteiger partial charge in [-0.2, -0.15) is 5.26 Å². The zero-order chi connectivity index (χ0) is 21.3. The Labute approximate surface area is 174 Å². The van der Waals surface area contributed by atoms with Crippen LogP contribution in [-0.4, -0.2) is 11.7 Å². The highest BCUT2D eigenvalue weighted by Crippen LogP contribution is 2.19. The average Bonchev–Trinajstić information content (AvgIpc) is 2.76. The molecule has 3 rings (SSSR count). The second-order valence-electron chi connectivity index (χ2n) is 6.47. The van der Waals surface area contributed by atoms with Crippen LogP contribution in [0.2, 0.25) is 0 Å². The van der Waals surface area contributed by atoms with Gasteiger partial charge in [-0.1, -0.05) is 18.2 Å². The number of Topliss-reactive ketones (excluding diaryl/α,β-unsaturated/α-hetero) is 1. The summed E-state index contributed by atoms with van der Waals surface area (Å²) in [6.07, 6.45) is 1.36. The lowest BCUT2D eigenvalue weighted by Crippen LogP contribution is -2.14. The highest BCUT2D eigenvalue weighted by molar-refractivity contribution is 6.07. The molecule has 0 aromatic heterocycles. The van der Waals surface area contributed by atoms with E-state index in [9.17, 15) is 14.9 Å². The molecular weight excluding hydrogens is 376 g/mol. The monoisotopic (exact) mass is 396 g/mol. The number of para-hydroxylation sites is 1. The minimum Gasteiger partial charge on any atom is -0.360 e. The molecule has 0 saturated heterocycles. The molecule has 6 nitrogen and oxygen atoms in total. The van der Waals surface area contributed by atoms with E-state index >= 15 is 0 Å². The van der Waals surface area contributed by atoms with E-state index in [1.54, 1.807) is 24.3 Å². The van der Waals surface area contributed by atoms with Gasteiger partial charge in [0.1, 0.15) is 11.6 Å². The van der Waals surface area contributed by atoms with Crippen LogP contribution in [-0.2, 0) is 4.79 Å². The molecule has 0 saturated carbocycles. The molecule has 0 atom stereocenters. The van der Waals surface area contributed by atoms with Gasteiger partial charge in [-0.05, 0) is 67.6 Å². The number of carbonyl (C=O) groups is 2. The number of hydrogen-bond acceptors (Lipinski definition) is 5. The van der Waals surface area contributed by atoms with Crippen molar-refractivity contribution in [2.75, 3.05) is 16.0 Å². The zero-order valence-corrected chi connectivity index (χ0v) is 16.3. The normalized spacial score (nSPS) is 10.6. The number of hydrogen-bond donors (Lipinski definition) is 3. The lowest BCUT2D eigenvalue weighted by molar-refractivity contribution is -0.112. The number of ketones is 1. The van der Waals surface area contributed by atoms with E-state index in [4.69, 9.17) is 0 Å². The fourth-order valence-corrected chi connectivity index (χ4v) is 2.63. The summed E-state index contributed by atoms with van der Waals surface area (Å²) in [5, 5.41) is 18.2. The van der Waals surface area contributed by atoms with E-state index in [-0.39, 0.29) is 11.4 Å². The van der Waals surface area contributed by atoms with Gasteiger partial charge in [0.25, 0.3) is 5.91 Å². The van der Waals surface area contributed by atoms with E-state index in [2.05, 4.69) is 16.0 Å². The Hall–Kier alpha value is -4.37. The predicted octanol–water partition coefficient (Wildman–Crippen LogP) is 5.09. The number of nitriles is 1. The minimum absolute atomic E-state index is 0.0559. The molecule has 0 spiro atoms. The van der Waals surface area contributed by atoms with Gasteiger partial charge in [0.15, 0.2) is 5.78 Å². The van der Waals surface area contributed by atoms with Crippen molar-refractivity contribution in [1.29, 1.82) is 5.26 Å². The molecule has 3 N–H and O–H groups in total. The van der Waals surface area contributed by atoms with Gasteiger partial charge in [0, 0.05) is 34.5 Å². The molecule has 0 unspecified atom stereocenters.